The van der Waals surface area contributed by atoms with Crippen LogP contribution < -0.4 is 5.32 Å². The number of rotatable bonds is 3. The van der Waals surface area contributed by atoms with Crippen LogP contribution in [0.5, 0.6) is 5.75 Å². The van der Waals surface area contributed by atoms with Crippen LogP contribution in [0.1, 0.15) is 10.4 Å². The van der Waals surface area contributed by atoms with Crippen molar-refractivity contribution in [1.29, 1.82) is 0 Å². The van der Waals surface area contributed by atoms with E-state index in [1.807, 2.05) is 0 Å². The molecule has 1 aromatic heterocycles. The van der Waals surface area contributed by atoms with Crippen LogP contribution in [0.2, 0.25) is 0 Å². The zero-order valence-electron chi connectivity index (χ0n) is 13.5. The normalized spacial score (nSPS) is 10.8. The number of hydrogen-bond donors (Lipinski definition) is 3. The van der Waals surface area contributed by atoms with E-state index in [1.165, 1.54) is 18.2 Å². The van der Waals surface area contributed by atoms with Crippen LogP contribution in [-0.4, -0.2) is 21.2 Å². The summed E-state index contributed by atoms with van der Waals surface area (Å²) < 4.78 is 13.1. The molecule has 0 bridgehead atoms. The van der Waals surface area contributed by atoms with Crippen LogP contribution in [0.25, 0.3) is 22.2 Å². The summed E-state index contributed by atoms with van der Waals surface area (Å²) in [4.78, 5) is 12.4. The van der Waals surface area contributed by atoms with Crippen LogP contribution in [0.4, 0.5) is 10.1 Å². The Morgan fingerprint density at radius 3 is 2.58 bits per heavy atom. The van der Waals surface area contributed by atoms with E-state index in [9.17, 15) is 14.3 Å². The highest BCUT2D eigenvalue weighted by Crippen LogP contribution is 2.29. The molecule has 0 aliphatic heterocycles. The topological polar surface area (TPSA) is 78.0 Å². The van der Waals surface area contributed by atoms with Crippen LogP contribution in [0.3, 0.4) is 0 Å². The van der Waals surface area contributed by atoms with Crippen molar-refractivity contribution in [2.24, 2.45) is 0 Å². The molecule has 6 heteroatoms. The second kappa shape index (κ2) is 6.33. The largest absolute Gasteiger partial charge is 0.507 e. The van der Waals surface area contributed by atoms with Gasteiger partial charge in [-0.25, -0.2) is 4.39 Å². The van der Waals surface area contributed by atoms with Crippen molar-refractivity contribution in [1.82, 2.24) is 10.2 Å². The second-order valence-corrected chi connectivity index (χ2v) is 5.81. The molecule has 4 aromatic rings. The van der Waals surface area contributed by atoms with Crippen LogP contribution >= 0.6 is 0 Å². The van der Waals surface area contributed by atoms with E-state index in [0.717, 1.165) is 16.5 Å². The number of halogens is 1. The maximum absolute atomic E-state index is 13.1. The fraction of sp³-hybridized carbons (Fsp3) is 0. The first-order chi connectivity index (χ1) is 12.6. The molecule has 0 saturated heterocycles. The van der Waals surface area contributed by atoms with E-state index in [0.29, 0.717) is 11.4 Å². The molecule has 128 valence electrons. The summed E-state index contributed by atoms with van der Waals surface area (Å²) >= 11 is 0. The zero-order valence-corrected chi connectivity index (χ0v) is 13.5. The lowest BCUT2D eigenvalue weighted by molar-refractivity contribution is 0.102. The number of carbonyl (C=O) groups excluding carboxylic acids is 1. The predicted octanol–water partition coefficient (Wildman–Crippen LogP) is 4.33. The number of phenols is 1. The van der Waals surface area contributed by atoms with Crippen molar-refractivity contribution in [2.75, 3.05) is 5.32 Å². The minimum absolute atomic E-state index is 0.0820. The quantitative estimate of drug-likeness (QED) is 0.516. The summed E-state index contributed by atoms with van der Waals surface area (Å²) in [6.07, 6.45) is 0. The first-order valence-electron chi connectivity index (χ1n) is 7.95. The third-order valence-corrected chi connectivity index (χ3v) is 4.09. The Morgan fingerprint density at radius 1 is 1.04 bits per heavy atom. The third-order valence-electron chi connectivity index (χ3n) is 4.09. The molecule has 5 nitrogen and oxygen atoms in total. The Balaban J connectivity index is 1.69. The highest BCUT2D eigenvalue weighted by atomic mass is 19.1. The Hall–Kier alpha value is -3.67. The van der Waals surface area contributed by atoms with Crippen molar-refractivity contribution in [3.63, 3.8) is 0 Å². The predicted molar refractivity (Wildman–Crippen MR) is 97.5 cm³/mol. The van der Waals surface area contributed by atoms with Crippen molar-refractivity contribution in [3.8, 4) is 17.0 Å². The summed E-state index contributed by atoms with van der Waals surface area (Å²) in [7, 11) is 0. The number of aromatic amines is 1. The van der Waals surface area contributed by atoms with Gasteiger partial charge in [-0.15, -0.1) is 0 Å². The summed E-state index contributed by atoms with van der Waals surface area (Å²) in [6.45, 7) is 0. The second-order valence-electron chi connectivity index (χ2n) is 5.81. The van der Waals surface area contributed by atoms with Gasteiger partial charge in [0.15, 0.2) is 0 Å². The number of nitrogens with one attached hydrogen (secondary N) is 2. The fourth-order valence-electron chi connectivity index (χ4n) is 2.78. The number of aromatic nitrogens is 2. The Kier molecular flexibility index (Phi) is 3.85. The molecule has 0 atom stereocenters. The minimum atomic E-state index is -0.408. The molecule has 0 radical (unpaired) electrons. The summed E-state index contributed by atoms with van der Waals surface area (Å²) in [5.41, 5.74) is 2.99. The van der Waals surface area contributed by atoms with Crippen LogP contribution in [0.15, 0.2) is 66.7 Å². The van der Waals surface area contributed by atoms with Crippen molar-refractivity contribution >= 4 is 22.5 Å². The summed E-state index contributed by atoms with van der Waals surface area (Å²) in [6, 6.07) is 17.7. The molecule has 0 fully saturated rings. The molecule has 0 aliphatic carbocycles. The Bertz CT molecular complexity index is 1100. The van der Waals surface area contributed by atoms with E-state index >= 15 is 0 Å². The van der Waals surface area contributed by atoms with E-state index in [4.69, 9.17) is 0 Å². The number of nitrogens with zero attached hydrogens (tertiary/aromatic N) is 1. The van der Waals surface area contributed by atoms with Gasteiger partial charge < -0.3 is 10.4 Å². The molecule has 1 heterocycles. The number of aromatic hydroxyl groups is 1. The van der Waals surface area contributed by atoms with Crippen LogP contribution in [0, 0.1) is 5.82 Å². The van der Waals surface area contributed by atoms with Gasteiger partial charge in [-0.05, 0) is 54.6 Å². The van der Waals surface area contributed by atoms with Gasteiger partial charge in [-0.3, -0.25) is 9.89 Å². The van der Waals surface area contributed by atoms with E-state index in [-0.39, 0.29) is 17.1 Å². The van der Waals surface area contributed by atoms with E-state index in [1.54, 1.807) is 48.5 Å². The molecular formula is C20H14FN3O2. The molecule has 1 amide bonds. The highest BCUT2D eigenvalue weighted by molar-refractivity contribution is 6.07. The van der Waals surface area contributed by atoms with E-state index in [2.05, 4.69) is 15.5 Å². The summed E-state index contributed by atoms with van der Waals surface area (Å²) in [5.74, 6) is -0.806. The molecule has 0 saturated carbocycles. The molecule has 26 heavy (non-hydrogen) atoms. The molecule has 3 N–H and O–H groups in total. The van der Waals surface area contributed by atoms with Crippen molar-refractivity contribution < 1.29 is 14.3 Å². The SMILES string of the molecule is O=C(Nc1ccc2[nH]nc(-c3ccc(F)cc3)c2c1)c1ccccc1O. The average Bonchev–Trinajstić information content (AvgIpc) is 3.06. The molecule has 0 unspecified atom stereocenters. The number of H-pyrrole nitrogens is 1. The number of phenolic OH excluding ortho intramolecular Hbond substituents is 1. The molecular weight excluding hydrogens is 333 g/mol. The van der Waals surface area contributed by atoms with Crippen molar-refractivity contribution in [3.05, 3.63) is 78.1 Å². The van der Waals surface area contributed by atoms with Gasteiger partial charge in [0.2, 0.25) is 0 Å². The number of amides is 1. The van der Waals surface area contributed by atoms with Gasteiger partial charge in [0.05, 0.1) is 16.8 Å². The van der Waals surface area contributed by atoms with Gasteiger partial charge in [0.1, 0.15) is 11.6 Å². The maximum Gasteiger partial charge on any atom is 0.259 e. The lowest BCUT2D eigenvalue weighted by Crippen LogP contribution is -2.11. The highest BCUT2D eigenvalue weighted by Gasteiger charge is 2.13. The first kappa shape index (κ1) is 15.8. The monoisotopic (exact) mass is 347 g/mol. The number of anilines is 1. The number of carbonyl (C=O) groups is 1. The average molecular weight is 347 g/mol. The van der Waals surface area contributed by atoms with Crippen molar-refractivity contribution in [2.45, 2.75) is 0 Å². The van der Waals surface area contributed by atoms with Crippen LogP contribution in [-0.2, 0) is 0 Å². The van der Waals surface area contributed by atoms with E-state index < -0.39 is 5.91 Å². The zero-order chi connectivity index (χ0) is 18.1. The lowest BCUT2D eigenvalue weighted by atomic mass is 10.1. The molecule has 0 aliphatic rings. The molecule has 0 spiro atoms. The molecule has 3 aromatic carbocycles. The maximum atomic E-state index is 13.1. The molecule has 4 rings (SSSR count). The van der Waals surface area contributed by atoms with Gasteiger partial charge >= 0.3 is 0 Å². The lowest BCUT2D eigenvalue weighted by Gasteiger charge is -2.07. The standard InChI is InChI=1S/C20H14FN3O2/c21-13-7-5-12(6-8-13)19-16-11-14(9-10-17(16)23-24-19)22-20(26)15-3-1-2-4-18(15)25/h1-11,25H,(H,22,26)(H,23,24). The number of hydrogen-bond acceptors (Lipinski definition) is 3. The summed E-state index contributed by atoms with van der Waals surface area (Å²) in [5, 5.41) is 20.6. The van der Waals surface area contributed by atoms with Gasteiger partial charge in [0.25, 0.3) is 5.91 Å². The minimum Gasteiger partial charge on any atom is -0.507 e. The Morgan fingerprint density at radius 2 is 1.81 bits per heavy atom. The number of para-hydroxylation sites is 1. The number of fused-ring (bicyclic) bond motifs is 1. The first-order valence-corrected chi connectivity index (χ1v) is 7.95. The third kappa shape index (κ3) is 2.88. The smallest absolute Gasteiger partial charge is 0.259 e. The Labute approximate surface area is 148 Å². The van der Waals surface area contributed by atoms with Gasteiger partial charge in [0, 0.05) is 16.6 Å². The van der Waals surface area contributed by atoms with Gasteiger partial charge in [-0.2, -0.15) is 5.10 Å². The van der Waals surface area contributed by atoms with Gasteiger partial charge in [-0.1, -0.05) is 12.1 Å². The number of benzene rings is 3. The fourth-order valence-corrected chi connectivity index (χ4v) is 2.78.